The molecule has 2 rings (SSSR count). The molecule has 0 saturated heterocycles. The van der Waals surface area contributed by atoms with Crippen LogP contribution in [0.4, 0.5) is 0 Å². The molecule has 2 heteroatoms. The Labute approximate surface area is 77.2 Å². The number of hydrogen-bond donors (Lipinski definition) is 1. The molecule has 0 spiro atoms. The predicted molar refractivity (Wildman–Crippen MR) is 52.0 cm³/mol. The minimum absolute atomic E-state index is 0.530. The van der Waals surface area contributed by atoms with E-state index in [0.29, 0.717) is 0 Å². The van der Waals surface area contributed by atoms with Crippen LogP contribution in [0.3, 0.4) is 0 Å². The number of aliphatic hydroxyl groups is 1. The maximum Gasteiger partial charge on any atom is 0.0995 e. The lowest BCUT2D eigenvalue weighted by molar-refractivity contribution is 0.228. The molecule has 1 unspecified atom stereocenters. The van der Waals surface area contributed by atoms with Crippen LogP contribution in [0.5, 0.6) is 0 Å². The van der Waals surface area contributed by atoms with Crippen LogP contribution in [0.25, 0.3) is 6.08 Å². The molecule has 66 valence electrons. The number of rotatable bonds is 0. The topological polar surface area (TPSA) is 33.1 Å². The first-order valence-corrected chi connectivity index (χ1v) is 4.27. The van der Waals surface area contributed by atoms with Crippen LogP contribution < -0.4 is 0 Å². The number of allylic oxidation sites excluding steroid dienone is 2. The van der Waals surface area contributed by atoms with Crippen LogP contribution in [0.15, 0.2) is 36.1 Å². The third-order valence-corrected chi connectivity index (χ3v) is 2.10. The molecule has 2 nitrogen and oxygen atoms in total. The van der Waals surface area contributed by atoms with Gasteiger partial charge in [0, 0.05) is 11.8 Å². The Bertz CT molecular complexity index is 379. The normalized spacial score (nSPS) is 20.5. The first kappa shape index (κ1) is 8.20. The van der Waals surface area contributed by atoms with Crippen LogP contribution in [0.2, 0.25) is 0 Å². The fraction of sp³-hybridized carbons (Fsp3) is 0.182. The summed E-state index contributed by atoms with van der Waals surface area (Å²) in [5.74, 6) is 0. The van der Waals surface area contributed by atoms with Crippen molar-refractivity contribution in [2.75, 3.05) is 0 Å². The molecule has 1 atom stereocenters. The second-order valence-corrected chi connectivity index (χ2v) is 3.17. The first-order valence-electron chi connectivity index (χ1n) is 4.27. The molecule has 0 aliphatic heterocycles. The van der Waals surface area contributed by atoms with Gasteiger partial charge in [0.05, 0.1) is 11.8 Å². The van der Waals surface area contributed by atoms with E-state index >= 15 is 0 Å². The molecule has 13 heavy (non-hydrogen) atoms. The van der Waals surface area contributed by atoms with E-state index < -0.39 is 6.10 Å². The highest BCUT2D eigenvalue weighted by molar-refractivity contribution is 5.58. The highest BCUT2D eigenvalue weighted by atomic mass is 16.3. The molecule has 1 aliphatic rings. The Morgan fingerprint density at radius 3 is 3.15 bits per heavy atom. The highest BCUT2D eigenvalue weighted by Gasteiger charge is 2.10. The van der Waals surface area contributed by atoms with Gasteiger partial charge in [-0.25, -0.2) is 0 Å². The molecule has 0 fully saturated rings. The van der Waals surface area contributed by atoms with Gasteiger partial charge in [-0.3, -0.25) is 4.98 Å². The van der Waals surface area contributed by atoms with Gasteiger partial charge in [-0.05, 0) is 24.6 Å². The number of aliphatic hydroxyl groups excluding tert-OH is 1. The Balaban J connectivity index is 2.59. The number of pyridine rings is 1. The van der Waals surface area contributed by atoms with Gasteiger partial charge in [-0.15, -0.1) is 0 Å². The molecule has 1 aromatic rings. The minimum Gasteiger partial charge on any atom is -0.384 e. The summed E-state index contributed by atoms with van der Waals surface area (Å²) >= 11 is 0. The molecule has 0 amide bonds. The van der Waals surface area contributed by atoms with Crippen LogP contribution in [0, 0.1) is 0 Å². The summed E-state index contributed by atoms with van der Waals surface area (Å²) in [5.41, 5.74) is 2.84. The number of hydrogen-bond acceptors (Lipinski definition) is 2. The monoisotopic (exact) mass is 173 g/mol. The lowest BCUT2D eigenvalue weighted by atomic mass is 10.1. The zero-order valence-corrected chi connectivity index (χ0v) is 7.44. The van der Waals surface area contributed by atoms with Crippen molar-refractivity contribution in [1.29, 1.82) is 0 Å². The molecular weight excluding hydrogens is 162 g/mol. The van der Waals surface area contributed by atoms with Crippen molar-refractivity contribution in [2.24, 2.45) is 0 Å². The van der Waals surface area contributed by atoms with Crippen molar-refractivity contribution < 1.29 is 5.11 Å². The molecule has 1 N–H and O–H groups in total. The Hall–Kier alpha value is -1.41. The fourth-order valence-electron chi connectivity index (χ4n) is 1.41. The molecule has 1 aromatic heterocycles. The summed E-state index contributed by atoms with van der Waals surface area (Å²) in [6.07, 6.45) is 6.87. The average Bonchev–Trinajstić information content (AvgIpc) is 2.27. The van der Waals surface area contributed by atoms with Crippen LogP contribution in [-0.2, 0) is 0 Å². The smallest absolute Gasteiger partial charge is 0.0995 e. The maximum absolute atomic E-state index is 9.70. The standard InChI is InChI=1S/C11H11NO/c1-8-4-5-11(13)9-3-2-6-12-10(9)7-8/h2-7,11,13H,1H3. The zero-order chi connectivity index (χ0) is 9.26. The van der Waals surface area contributed by atoms with E-state index in [1.807, 2.05) is 31.2 Å². The number of nitrogens with zero attached hydrogens (tertiary/aromatic N) is 1. The van der Waals surface area contributed by atoms with Crippen molar-refractivity contribution in [1.82, 2.24) is 4.98 Å². The lowest BCUT2D eigenvalue weighted by Crippen LogP contribution is -1.96. The molecule has 0 bridgehead atoms. The van der Waals surface area contributed by atoms with Crippen LogP contribution in [-0.4, -0.2) is 10.1 Å². The van der Waals surface area contributed by atoms with E-state index in [2.05, 4.69) is 4.98 Å². The Kier molecular flexibility index (Phi) is 1.99. The summed E-state index contributed by atoms with van der Waals surface area (Å²) in [7, 11) is 0. The maximum atomic E-state index is 9.70. The zero-order valence-electron chi connectivity index (χ0n) is 7.44. The van der Waals surface area contributed by atoms with E-state index in [1.165, 1.54) is 0 Å². The van der Waals surface area contributed by atoms with E-state index in [4.69, 9.17) is 0 Å². The summed E-state index contributed by atoms with van der Waals surface area (Å²) in [5, 5.41) is 9.70. The number of aromatic nitrogens is 1. The minimum atomic E-state index is -0.530. The van der Waals surface area contributed by atoms with Crippen LogP contribution in [0.1, 0.15) is 24.3 Å². The van der Waals surface area contributed by atoms with Gasteiger partial charge >= 0.3 is 0 Å². The van der Waals surface area contributed by atoms with E-state index in [1.54, 1.807) is 12.3 Å². The van der Waals surface area contributed by atoms with E-state index in [0.717, 1.165) is 16.8 Å². The Morgan fingerprint density at radius 2 is 2.31 bits per heavy atom. The highest BCUT2D eigenvalue weighted by Crippen LogP contribution is 2.23. The quantitative estimate of drug-likeness (QED) is 0.651. The molecule has 0 radical (unpaired) electrons. The summed E-state index contributed by atoms with van der Waals surface area (Å²) in [4.78, 5) is 4.20. The van der Waals surface area contributed by atoms with Gasteiger partial charge in [0.1, 0.15) is 0 Å². The molecule has 1 heterocycles. The van der Waals surface area contributed by atoms with Crippen molar-refractivity contribution in [3.05, 3.63) is 47.3 Å². The largest absolute Gasteiger partial charge is 0.384 e. The molecule has 0 saturated carbocycles. The van der Waals surface area contributed by atoms with Crippen molar-refractivity contribution >= 4 is 6.08 Å². The number of fused-ring (bicyclic) bond motifs is 1. The van der Waals surface area contributed by atoms with Gasteiger partial charge in [0.2, 0.25) is 0 Å². The van der Waals surface area contributed by atoms with Gasteiger partial charge in [-0.1, -0.05) is 18.2 Å². The molecule has 0 aromatic carbocycles. The second-order valence-electron chi connectivity index (χ2n) is 3.17. The van der Waals surface area contributed by atoms with Crippen molar-refractivity contribution in [2.45, 2.75) is 13.0 Å². The average molecular weight is 173 g/mol. The van der Waals surface area contributed by atoms with E-state index in [9.17, 15) is 5.11 Å². The summed E-state index contributed by atoms with van der Waals surface area (Å²) < 4.78 is 0. The van der Waals surface area contributed by atoms with Crippen LogP contribution >= 0.6 is 0 Å². The predicted octanol–water partition coefficient (Wildman–Crippen LogP) is 2.09. The summed E-state index contributed by atoms with van der Waals surface area (Å²) in [6, 6.07) is 3.73. The molecular formula is C11H11NO. The van der Waals surface area contributed by atoms with Crippen molar-refractivity contribution in [3.63, 3.8) is 0 Å². The van der Waals surface area contributed by atoms with Gasteiger partial charge in [-0.2, -0.15) is 0 Å². The van der Waals surface area contributed by atoms with Gasteiger partial charge in [0.15, 0.2) is 0 Å². The fourth-order valence-corrected chi connectivity index (χ4v) is 1.41. The van der Waals surface area contributed by atoms with Gasteiger partial charge < -0.3 is 5.11 Å². The third kappa shape index (κ3) is 1.53. The first-order chi connectivity index (χ1) is 6.27. The van der Waals surface area contributed by atoms with E-state index in [-0.39, 0.29) is 0 Å². The lowest BCUT2D eigenvalue weighted by Gasteiger charge is -2.06. The SMILES string of the molecule is CC1=Cc2ncccc2C(O)C=C1. The van der Waals surface area contributed by atoms with Crippen molar-refractivity contribution in [3.8, 4) is 0 Å². The van der Waals surface area contributed by atoms with Gasteiger partial charge in [0.25, 0.3) is 0 Å². The second kappa shape index (κ2) is 3.15. The molecule has 1 aliphatic carbocycles. The third-order valence-electron chi connectivity index (χ3n) is 2.10. The Morgan fingerprint density at radius 1 is 1.46 bits per heavy atom. The summed E-state index contributed by atoms with van der Waals surface area (Å²) in [6.45, 7) is 1.99.